The van der Waals surface area contributed by atoms with Crippen LogP contribution in [0.4, 0.5) is 0 Å². The van der Waals surface area contributed by atoms with E-state index in [1.54, 1.807) is 38.1 Å². The Morgan fingerprint density at radius 2 is 0.875 bits per heavy atom. The predicted molar refractivity (Wildman–Crippen MR) is 201 cm³/mol. The standard InChI is InChI=1S/C32H34N8O12S4/c1-5-9-14-55(45,46)51-39-30(21-35)26-12-11-13-27(31(22-36)40-52-56(47,48)15-10-6-2)32(26)25-17-23(28(19-33)37-49-53(41,42)7-3)16-24(18-25)29(20-34)38-50-54(43,44)8-4/h11-13,16-18H,5-10,14-15H2,1-4H3/b37-28+,38-29+,39-30+,40-31+. The number of hydrogen-bond acceptors (Lipinski definition) is 20. The minimum Gasteiger partial charge on any atom is -0.267 e. The van der Waals surface area contributed by atoms with Crippen LogP contribution >= 0.6 is 0 Å². The van der Waals surface area contributed by atoms with E-state index < -0.39 is 86.3 Å². The van der Waals surface area contributed by atoms with Crippen molar-refractivity contribution in [2.24, 2.45) is 20.6 Å². The van der Waals surface area contributed by atoms with Gasteiger partial charge >= 0.3 is 40.5 Å². The molecule has 0 atom stereocenters. The summed E-state index contributed by atoms with van der Waals surface area (Å²) in [6, 6.07) is 13.6. The molecule has 0 unspecified atom stereocenters. The Hall–Kier alpha value is -5.92. The van der Waals surface area contributed by atoms with Gasteiger partial charge in [0.1, 0.15) is 24.3 Å². The Morgan fingerprint density at radius 3 is 1.20 bits per heavy atom. The second kappa shape index (κ2) is 20.7. The van der Waals surface area contributed by atoms with Gasteiger partial charge in [0.15, 0.2) is 22.8 Å². The van der Waals surface area contributed by atoms with Gasteiger partial charge in [-0.15, -0.1) is 0 Å². The summed E-state index contributed by atoms with van der Waals surface area (Å²) in [6.45, 7) is 5.91. The fourth-order valence-corrected chi connectivity index (χ4v) is 6.43. The lowest BCUT2D eigenvalue weighted by atomic mass is 9.87. The zero-order valence-electron chi connectivity index (χ0n) is 30.2. The molecule has 0 heterocycles. The first kappa shape index (κ1) is 46.2. The van der Waals surface area contributed by atoms with Crippen LogP contribution in [0.2, 0.25) is 0 Å². The molecule has 24 heteroatoms. The summed E-state index contributed by atoms with van der Waals surface area (Å²) in [5, 5.41) is 54.2. The van der Waals surface area contributed by atoms with Crippen molar-refractivity contribution in [2.75, 3.05) is 23.0 Å². The van der Waals surface area contributed by atoms with Gasteiger partial charge in [0, 0.05) is 27.8 Å². The normalized spacial score (nSPS) is 13.1. The Bertz CT molecular complexity index is 2370. The fourth-order valence-electron chi connectivity index (χ4n) is 4.04. The first-order chi connectivity index (χ1) is 26.4. The van der Waals surface area contributed by atoms with Crippen molar-refractivity contribution >= 4 is 63.3 Å². The first-order valence-corrected chi connectivity index (χ1v) is 22.5. The average molecular weight is 851 g/mol. The molecule has 0 saturated heterocycles. The number of oxime groups is 4. The van der Waals surface area contributed by atoms with Crippen LogP contribution in [-0.2, 0) is 57.6 Å². The zero-order chi connectivity index (χ0) is 42.2. The van der Waals surface area contributed by atoms with Crippen molar-refractivity contribution in [3.05, 3.63) is 58.7 Å². The van der Waals surface area contributed by atoms with E-state index in [2.05, 4.69) is 29.2 Å². The molecular formula is C32H34N8O12S4. The van der Waals surface area contributed by atoms with E-state index in [1.807, 2.05) is 0 Å². The van der Waals surface area contributed by atoms with Crippen LogP contribution in [0.1, 0.15) is 75.6 Å². The van der Waals surface area contributed by atoms with E-state index in [1.165, 1.54) is 32.0 Å². The molecule has 0 saturated carbocycles. The van der Waals surface area contributed by atoms with Gasteiger partial charge in [-0.05, 0) is 50.5 Å². The van der Waals surface area contributed by atoms with Crippen molar-refractivity contribution in [2.45, 2.75) is 53.4 Å². The predicted octanol–water partition coefficient (Wildman–Crippen LogP) is 3.29. The molecule has 0 amide bonds. The molecule has 0 aliphatic heterocycles. The molecule has 0 aliphatic carbocycles. The number of nitriles is 4. The van der Waals surface area contributed by atoms with Crippen LogP contribution in [0, 0.1) is 45.3 Å². The summed E-state index contributed by atoms with van der Waals surface area (Å²) in [7, 11) is -17.2. The molecule has 0 bridgehead atoms. The minimum absolute atomic E-state index is 0.192. The highest BCUT2D eigenvalue weighted by molar-refractivity contribution is 7.87. The van der Waals surface area contributed by atoms with Gasteiger partial charge < -0.3 is 0 Å². The SMILES string of the molecule is CCCCS(=O)(=O)O/N=C(\C#N)c1cccc(/C(C#N)=N/OS(=O)(=O)CCCC)c1-c1cc(/C(C#N)=N/OS(=O)(=O)CC)cc(/C(C#N)=N/OS(=O)(=O)CC)c1. The monoisotopic (exact) mass is 850 g/mol. The minimum atomic E-state index is -4.31. The van der Waals surface area contributed by atoms with Crippen LogP contribution < -0.4 is 0 Å². The lowest BCUT2D eigenvalue weighted by molar-refractivity contribution is 0.338. The molecule has 0 fully saturated rings. The maximum absolute atomic E-state index is 12.5. The Kier molecular flexibility index (Phi) is 17.1. The molecule has 56 heavy (non-hydrogen) atoms. The van der Waals surface area contributed by atoms with Crippen LogP contribution in [0.15, 0.2) is 57.0 Å². The van der Waals surface area contributed by atoms with E-state index in [-0.39, 0.29) is 46.2 Å². The Balaban J connectivity index is 3.24. The van der Waals surface area contributed by atoms with Crippen molar-refractivity contribution in [1.82, 2.24) is 0 Å². The molecule has 0 aliphatic rings. The lowest BCUT2D eigenvalue weighted by Crippen LogP contribution is -2.13. The van der Waals surface area contributed by atoms with Crippen molar-refractivity contribution in [3.63, 3.8) is 0 Å². The van der Waals surface area contributed by atoms with Crippen molar-refractivity contribution in [1.29, 1.82) is 21.0 Å². The van der Waals surface area contributed by atoms with E-state index in [9.17, 15) is 54.7 Å². The maximum atomic E-state index is 12.5. The smallest absolute Gasteiger partial charge is 0.267 e. The Labute approximate surface area is 325 Å². The summed E-state index contributed by atoms with van der Waals surface area (Å²) >= 11 is 0. The molecule has 0 radical (unpaired) electrons. The summed E-state index contributed by atoms with van der Waals surface area (Å²) in [4.78, 5) is 0. The zero-order valence-corrected chi connectivity index (χ0v) is 33.5. The third-order valence-electron chi connectivity index (χ3n) is 6.94. The van der Waals surface area contributed by atoms with Gasteiger partial charge in [0.25, 0.3) is 0 Å². The van der Waals surface area contributed by atoms with E-state index in [0.717, 1.165) is 18.2 Å². The van der Waals surface area contributed by atoms with Gasteiger partial charge in [0.2, 0.25) is 0 Å². The molecule has 20 nitrogen and oxygen atoms in total. The highest BCUT2D eigenvalue weighted by Crippen LogP contribution is 2.32. The van der Waals surface area contributed by atoms with E-state index >= 15 is 0 Å². The highest BCUT2D eigenvalue weighted by atomic mass is 32.2. The van der Waals surface area contributed by atoms with E-state index in [0.29, 0.717) is 12.8 Å². The highest BCUT2D eigenvalue weighted by Gasteiger charge is 2.24. The van der Waals surface area contributed by atoms with Gasteiger partial charge in [-0.2, -0.15) is 54.7 Å². The maximum Gasteiger partial charge on any atom is 0.328 e. The first-order valence-electron chi connectivity index (χ1n) is 16.2. The van der Waals surface area contributed by atoms with Gasteiger partial charge in [-0.3, -0.25) is 17.1 Å². The number of unbranched alkanes of at least 4 members (excludes halogenated alkanes) is 2. The van der Waals surface area contributed by atoms with Crippen LogP contribution in [0.5, 0.6) is 0 Å². The summed E-state index contributed by atoms with van der Waals surface area (Å²) in [6.07, 6.45) is 1.33. The van der Waals surface area contributed by atoms with Crippen LogP contribution in [-0.4, -0.2) is 79.5 Å². The molecule has 2 aromatic rings. The topological polar surface area (TPSA) is 318 Å². The second-order valence-electron chi connectivity index (χ2n) is 11.0. The van der Waals surface area contributed by atoms with Gasteiger partial charge in [0.05, 0.1) is 23.0 Å². The number of rotatable bonds is 21. The molecule has 298 valence electrons. The molecule has 2 aromatic carbocycles. The van der Waals surface area contributed by atoms with E-state index in [4.69, 9.17) is 8.57 Å². The third kappa shape index (κ3) is 13.7. The largest absolute Gasteiger partial charge is 0.328 e. The lowest BCUT2D eigenvalue weighted by Gasteiger charge is -2.15. The Morgan fingerprint density at radius 1 is 0.536 bits per heavy atom. The van der Waals surface area contributed by atoms with Crippen LogP contribution in [0.25, 0.3) is 11.1 Å². The third-order valence-corrected chi connectivity index (χ3v) is 11.1. The quantitative estimate of drug-likeness (QED) is 0.128. The van der Waals surface area contributed by atoms with Crippen LogP contribution in [0.3, 0.4) is 0 Å². The van der Waals surface area contributed by atoms with Gasteiger partial charge in [-0.25, -0.2) is 0 Å². The fraction of sp³-hybridized carbons (Fsp3) is 0.375. The molecule has 0 spiro atoms. The van der Waals surface area contributed by atoms with Crippen molar-refractivity contribution < 1.29 is 50.8 Å². The average Bonchev–Trinajstić information content (AvgIpc) is 3.17. The molecule has 0 aromatic heterocycles. The number of hydrogen-bond donors (Lipinski definition) is 0. The van der Waals surface area contributed by atoms with Gasteiger partial charge in [-0.1, -0.05) is 65.5 Å². The second-order valence-corrected chi connectivity index (χ2v) is 18.0. The molecule has 0 N–H and O–H groups in total. The number of nitrogens with zero attached hydrogens (tertiary/aromatic N) is 8. The summed E-state index contributed by atoms with van der Waals surface area (Å²) in [5.41, 5.74) is -4.63. The molecular weight excluding hydrogens is 817 g/mol. The molecule has 2 rings (SSSR count). The summed E-state index contributed by atoms with van der Waals surface area (Å²) < 4.78 is 117. The number of benzene rings is 2. The van der Waals surface area contributed by atoms with Crippen molar-refractivity contribution in [3.8, 4) is 35.4 Å². The summed E-state index contributed by atoms with van der Waals surface area (Å²) in [5.74, 6) is -2.02.